The fourth-order valence-corrected chi connectivity index (χ4v) is 2.86. The summed E-state index contributed by atoms with van der Waals surface area (Å²) in [5, 5.41) is 6.76. The van der Waals surface area contributed by atoms with E-state index >= 15 is 0 Å². The highest BCUT2D eigenvalue weighted by atomic mass is 127. The summed E-state index contributed by atoms with van der Waals surface area (Å²) in [6.07, 6.45) is 8.91. The number of unbranched alkanes of at least 4 members (excludes halogenated alkanes) is 3. The van der Waals surface area contributed by atoms with Gasteiger partial charge in [-0.15, -0.1) is 24.0 Å². The van der Waals surface area contributed by atoms with Crippen molar-refractivity contribution >= 4 is 29.9 Å². The number of nitrogens with zero attached hydrogens (tertiary/aromatic N) is 3. The predicted octanol–water partition coefficient (Wildman–Crippen LogP) is 4.49. The first kappa shape index (κ1) is 23.5. The molecular weight excluding hydrogens is 449 g/mol. The lowest BCUT2D eigenvalue weighted by Crippen LogP contribution is -2.37. The molecule has 0 saturated heterocycles. The molecular formula is C21H34IN5. The second-order valence-electron chi connectivity index (χ2n) is 6.60. The van der Waals surface area contributed by atoms with E-state index in [0.717, 1.165) is 31.4 Å². The highest BCUT2D eigenvalue weighted by Gasteiger charge is 2.01. The van der Waals surface area contributed by atoms with Gasteiger partial charge >= 0.3 is 0 Å². The summed E-state index contributed by atoms with van der Waals surface area (Å²) in [5.41, 5.74) is 2.50. The molecule has 5 nitrogen and oxygen atoms in total. The Morgan fingerprint density at radius 2 is 1.93 bits per heavy atom. The van der Waals surface area contributed by atoms with Crippen LogP contribution in [0.3, 0.4) is 0 Å². The molecule has 1 aromatic carbocycles. The van der Waals surface area contributed by atoms with Gasteiger partial charge < -0.3 is 15.2 Å². The van der Waals surface area contributed by atoms with Gasteiger partial charge in [0.2, 0.25) is 0 Å². The van der Waals surface area contributed by atoms with Gasteiger partial charge in [0.05, 0.1) is 6.54 Å². The Bertz CT molecular complexity index is 681. The molecule has 0 amide bonds. The van der Waals surface area contributed by atoms with Gasteiger partial charge in [0.25, 0.3) is 0 Å². The van der Waals surface area contributed by atoms with Gasteiger partial charge in [-0.3, -0.25) is 0 Å². The average Bonchev–Trinajstić information content (AvgIpc) is 3.04. The molecule has 2 N–H and O–H groups in total. The van der Waals surface area contributed by atoms with Crippen LogP contribution in [0.25, 0.3) is 0 Å². The molecule has 2 rings (SSSR count). The minimum atomic E-state index is 0. The van der Waals surface area contributed by atoms with Crippen molar-refractivity contribution in [2.75, 3.05) is 13.1 Å². The largest absolute Gasteiger partial charge is 0.357 e. The van der Waals surface area contributed by atoms with E-state index in [0.29, 0.717) is 6.54 Å². The van der Waals surface area contributed by atoms with Crippen molar-refractivity contribution in [1.82, 2.24) is 20.2 Å². The van der Waals surface area contributed by atoms with Crippen molar-refractivity contribution in [3.63, 3.8) is 0 Å². The maximum absolute atomic E-state index is 4.73. The summed E-state index contributed by atoms with van der Waals surface area (Å²) in [5.74, 6) is 1.94. The fraction of sp³-hybridized carbons (Fsp3) is 0.524. The van der Waals surface area contributed by atoms with E-state index < -0.39 is 0 Å². The molecule has 6 heteroatoms. The Morgan fingerprint density at radius 3 is 2.63 bits per heavy atom. The zero-order valence-electron chi connectivity index (χ0n) is 16.9. The number of nitrogens with one attached hydrogen (secondary N) is 2. The molecule has 0 atom stereocenters. The number of hydrogen-bond acceptors (Lipinski definition) is 2. The van der Waals surface area contributed by atoms with E-state index in [1.165, 1.54) is 36.8 Å². The quantitative estimate of drug-likeness (QED) is 0.227. The molecule has 0 radical (unpaired) electrons. The van der Waals surface area contributed by atoms with Gasteiger partial charge in [-0.2, -0.15) is 0 Å². The molecule has 0 spiro atoms. The molecule has 0 unspecified atom stereocenters. The lowest BCUT2D eigenvalue weighted by molar-refractivity contribution is 0.647. The normalized spacial score (nSPS) is 11.1. The maximum atomic E-state index is 4.73. The van der Waals surface area contributed by atoms with E-state index in [4.69, 9.17) is 4.99 Å². The third-order valence-electron chi connectivity index (χ3n) is 4.35. The molecule has 0 fully saturated rings. The first-order chi connectivity index (χ1) is 12.7. The molecule has 1 aromatic heterocycles. The third-order valence-corrected chi connectivity index (χ3v) is 4.35. The Hall–Kier alpha value is -1.57. The molecule has 2 aromatic rings. The summed E-state index contributed by atoms with van der Waals surface area (Å²) in [6.45, 7) is 9.75. The zero-order chi connectivity index (χ0) is 18.6. The Balaban J connectivity index is 0.00000364. The van der Waals surface area contributed by atoms with Crippen LogP contribution < -0.4 is 10.6 Å². The van der Waals surface area contributed by atoms with Crippen LogP contribution >= 0.6 is 24.0 Å². The second kappa shape index (κ2) is 13.6. The average molecular weight is 483 g/mol. The molecule has 27 heavy (non-hydrogen) atoms. The van der Waals surface area contributed by atoms with Gasteiger partial charge in [0.15, 0.2) is 5.96 Å². The minimum absolute atomic E-state index is 0. The highest BCUT2D eigenvalue weighted by Crippen LogP contribution is 2.09. The van der Waals surface area contributed by atoms with Gasteiger partial charge in [-0.05, 0) is 31.4 Å². The topological polar surface area (TPSA) is 54.2 Å². The Morgan fingerprint density at radius 1 is 1.11 bits per heavy atom. The summed E-state index contributed by atoms with van der Waals surface area (Å²) in [7, 11) is 0. The summed E-state index contributed by atoms with van der Waals surface area (Å²) < 4.78 is 2.16. The number of hydrogen-bond donors (Lipinski definition) is 2. The number of rotatable bonds is 10. The van der Waals surface area contributed by atoms with Gasteiger partial charge in [0.1, 0.15) is 5.82 Å². The van der Waals surface area contributed by atoms with Crippen molar-refractivity contribution < 1.29 is 0 Å². The zero-order valence-corrected chi connectivity index (χ0v) is 19.2. The van der Waals surface area contributed by atoms with E-state index in [9.17, 15) is 0 Å². The van der Waals surface area contributed by atoms with E-state index in [1.54, 1.807) is 0 Å². The summed E-state index contributed by atoms with van der Waals surface area (Å²) in [6, 6.07) is 8.63. The first-order valence-corrected chi connectivity index (χ1v) is 9.80. The molecule has 0 aliphatic carbocycles. The molecule has 0 bridgehead atoms. The number of imidazole rings is 1. The summed E-state index contributed by atoms with van der Waals surface area (Å²) >= 11 is 0. The van der Waals surface area contributed by atoms with Crippen LogP contribution in [0.5, 0.6) is 0 Å². The smallest absolute Gasteiger partial charge is 0.191 e. The maximum Gasteiger partial charge on any atom is 0.191 e. The van der Waals surface area contributed by atoms with Crippen molar-refractivity contribution in [3.05, 3.63) is 53.6 Å². The van der Waals surface area contributed by atoms with E-state index in [1.807, 2.05) is 19.3 Å². The minimum Gasteiger partial charge on any atom is -0.357 e. The number of aryl methyl sites for hydroxylation is 1. The van der Waals surface area contributed by atoms with Crippen LogP contribution in [0.1, 0.15) is 56.5 Å². The molecule has 0 aliphatic rings. The predicted molar refractivity (Wildman–Crippen MR) is 125 cm³/mol. The van der Waals surface area contributed by atoms with Gasteiger partial charge in [-0.25, -0.2) is 9.98 Å². The van der Waals surface area contributed by atoms with Crippen molar-refractivity contribution in [1.29, 1.82) is 0 Å². The van der Waals surface area contributed by atoms with Crippen LogP contribution in [0.4, 0.5) is 0 Å². The van der Waals surface area contributed by atoms with Crippen molar-refractivity contribution in [2.45, 2.75) is 59.5 Å². The van der Waals surface area contributed by atoms with Crippen LogP contribution in [-0.2, 0) is 13.1 Å². The van der Waals surface area contributed by atoms with Crippen molar-refractivity contribution in [2.24, 2.45) is 4.99 Å². The number of aliphatic imine (C=N–C) groups is 1. The molecule has 1 heterocycles. The standard InChI is InChI=1S/C21H33N5.HI/c1-4-6-7-8-12-24-21(22-5-2)25-16-19-10-9-11-20(15-19)17-26-14-13-23-18(26)3;/h9-11,13-15H,4-8,12,16-17H2,1-3H3,(H2,22,24,25);1H. The Labute approximate surface area is 181 Å². The SMILES string of the molecule is CCCCCCNC(=NCc1cccc(Cn2ccnc2C)c1)NCC.I. The van der Waals surface area contributed by atoms with E-state index in [2.05, 4.69) is 58.3 Å². The third kappa shape index (κ3) is 8.77. The van der Waals surface area contributed by atoms with Gasteiger partial charge in [0, 0.05) is 32.0 Å². The lowest BCUT2D eigenvalue weighted by atomic mass is 10.1. The molecule has 150 valence electrons. The monoisotopic (exact) mass is 483 g/mol. The van der Waals surface area contributed by atoms with Crippen LogP contribution in [0.2, 0.25) is 0 Å². The number of benzene rings is 1. The Kier molecular flexibility index (Phi) is 11.8. The van der Waals surface area contributed by atoms with Crippen LogP contribution in [0, 0.1) is 6.92 Å². The van der Waals surface area contributed by atoms with E-state index in [-0.39, 0.29) is 24.0 Å². The highest BCUT2D eigenvalue weighted by molar-refractivity contribution is 14.0. The van der Waals surface area contributed by atoms with Crippen LogP contribution in [0.15, 0.2) is 41.7 Å². The number of aromatic nitrogens is 2. The number of halogens is 1. The summed E-state index contributed by atoms with van der Waals surface area (Å²) in [4.78, 5) is 9.02. The van der Waals surface area contributed by atoms with Crippen molar-refractivity contribution in [3.8, 4) is 0 Å². The molecule has 0 aliphatic heterocycles. The number of guanidine groups is 1. The van der Waals surface area contributed by atoms with Gasteiger partial charge in [-0.1, -0.05) is 50.5 Å². The second-order valence-corrected chi connectivity index (χ2v) is 6.60. The lowest BCUT2D eigenvalue weighted by Gasteiger charge is -2.11. The molecule has 0 saturated carbocycles. The first-order valence-electron chi connectivity index (χ1n) is 9.80. The van der Waals surface area contributed by atoms with Crippen LogP contribution in [-0.4, -0.2) is 28.6 Å². The fourth-order valence-electron chi connectivity index (χ4n) is 2.86.